The Bertz CT molecular complexity index is 960. The van der Waals surface area contributed by atoms with Crippen molar-refractivity contribution in [3.8, 4) is 0 Å². The molecule has 2 aliphatic rings. The van der Waals surface area contributed by atoms with Gasteiger partial charge in [0.15, 0.2) is 0 Å². The maximum Gasteiger partial charge on any atom is 0.414 e. The Balaban J connectivity index is 0.000000481. The minimum absolute atomic E-state index is 0.0503. The third-order valence-corrected chi connectivity index (χ3v) is 6.18. The van der Waals surface area contributed by atoms with E-state index in [0.717, 1.165) is 58.7 Å². The molecule has 8 nitrogen and oxygen atoms in total. The van der Waals surface area contributed by atoms with E-state index >= 15 is 0 Å². The van der Waals surface area contributed by atoms with E-state index in [9.17, 15) is 9.18 Å². The smallest absolute Gasteiger partial charge is 0.414 e. The first kappa shape index (κ1) is 25.3. The first-order valence-electron chi connectivity index (χ1n) is 11.3. The number of hydrogen-bond donors (Lipinski definition) is 2. The Morgan fingerprint density at radius 1 is 0.824 bits per heavy atom. The molecule has 2 aromatic carbocycles. The van der Waals surface area contributed by atoms with Crippen molar-refractivity contribution in [2.45, 2.75) is 25.4 Å². The van der Waals surface area contributed by atoms with Crippen molar-refractivity contribution < 1.29 is 29.0 Å². The lowest BCUT2D eigenvalue weighted by Gasteiger charge is -2.42. The number of carbonyl (C=O) groups is 3. The van der Waals surface area contributed by atoms with E-state index in [1.807, 2.05) is 4.90 Å². The number of halogens is 1. The number of piperazine rings is 1. The van der Waals surface area contributed by atoms with Gasteiger partial charge in [-0.25, -0.2) is 14.0 Å². The van der Waals surface area contributed by atoms with Crippen molar-refractivity contribution in [1.29, 1.82) is 0 Å². The number of hydrogen-bond acceptors (Lipinski definition) is 5. The number of piperidine rings is 1. The van der Waals surface area contributed by atoms with Gasteiger partial charge in [-0.15, -0.1) is 0 Å². The molecule has 4 rings (SSSR count). The monoisotopic (exact) mass is 471 g/mol. The Kier molecular flexibility index (Phi) is 9.12. The lowest BCUT2D eigenvalue weighted by atomic mass is 10.0. The van der Waals surface area contributed by atoms with Crippen LogP contribution in [-0.4, -0.2) is 88.1 Å². The molecule has 0 saturated carbocycles. The second kappa shape index (κ2) is 12.2. The maximum atomic E-state index is 13.4. The highest BCUT2D eigenvalue weighted by molar-refractivity contribution is 6.27. The molecule has 0 aliphatic carbocycles. The predicted octanol–water partition coefficient (Wildman–Crippen LogP) is 2.40. The normalized spacial score (nSPS) is 17.5. The van der Waals surface area contributed by atoms with E-state index in [2.05, 4.69) is 40.1 Å². The van der Waals surface area contributed by atoms with E-state index in [-0.39, 0.29) is 11.7 Å². The van der Waals surface area contributed by atoms with Crippen LogP contribution in [0, 0.1) is 5.82 Å². The Labute approximate surface area is 198 Å². The largest absolute Gasteiger partial charge is 0.473 e. The van der Waals surface area contributed by atoms with Gasteiger partial charge in [-0.2, -0.15) is 0 Å². The van der Waals surface area contributed by atoms with Gasteiger partial charge in [0, 0.05) is 57.4 Å². The van der Waals surface area contributed by atoms with E-state index in [1.165, 1.54) is 17.7 Å². The number of amides is 1. The summed E-state index contributed by atoms with van der Waals surface area (Å²) in [6, 6.07) is 17.2. The zero-order valence-corrected chi connectivity index (χ0v) is 19.0. The van der Waals surface area contributed by atoms with Crippen molar-refractivity contribution in [2.75, 3.05) is 39.3 Å². The van der Waals surface area contributed by atoms with Crippen LogP contribution in [0.4, 0.5) is 4.39 Å². The fraction of sp³-hybridized carbons (Fsp3) is 0.400. The number of rotatable bonds is 4. The van der Waals surface area contributed by atoms with E-state index in [1.54, 1.807) is 12.1 Å². The summed E-state index contributed by atoms with van der Waals surface area (Å²) in [5.74, 6) is -4.05. The van der Waals surface area contributed by atoms with Crippen LogP contribution >= 0.6 is 0 Å². The SMILES string of the molecule is O=C(O)C(=O)O.O=C(c1cccc(F)c1)N1CCC(N2CCN(Cc3ccccc3)CC2)CC1. The second-order valence-electron chi connectivity index (χ2n) is 8.44. The molecule has 0 bridgehead atoms. The number of benzene rings is 2. The van der Waals surface area contributed by atoms with E-state index < -0.39 is 11.9 Å². The summed E-state index contributed by atoms with van der Waals surface area (Å²) in [7, 11) is 0. The van der Waals surface area contributed by atoms with E-state index in [0.29, 0.717) is 11.6 Å². The molecule has 2 aromatic rings. The van der Waals surface area contributed by atoms with Crippen molar-refractivity contribution in [3.05, 3.63) is 71.5 Å². The molecule has 2 saturated heterocycles. The molecule has 0 radical (unpaired) electrons. The molecular weight excluding hydrogens is 441 g/mol. The van der Waals surface area contributed by atoms with Crippen LogP contribution in [-0.2, 0) is 16.1 Å². The van der Waals surface area contributed by atoms with Gasteiger partial charge in [-0.05, 0) is 36.6 Å². The number of aliphatic carboxylic acids is 2. The number of carboxylic acids is 2. The Morgan fingerprint density at radius 2 is 1.44 bits per heavy atom. The Hall–Kier alpha value is -3.30. The molecule has 2 aliphatic heterocycles. The van der Waals surface area contributed by atoms with Crippen molar-refractivity contribution in [1.82, 2.24) is 14.7 Å². The third-order valence-electron chi connectivity index (χ3n) is 6.18. The summed E-state index contributed by atoms with van der Waals surface area (Å²) in [6.45, 7) is 6.91. The maximum absolute atomic E-state index is 13.4. The molecule has 0 unspecified atom stereocenters. The molecule has 1 amide bonds. The molecule has 34 heavy (non-hydrogen) atoms. The van der Waals surface area contributed by atoms with Gasteiger partial charge in [0.1, 0.15) is 5.82 Å². The first-order valence-corrected chi connectivity index (χ1v) is 11.3. The fourth-order valence-corrected chi connectivity index (χ4v) is 4.37. The molecule has 0 aromatic heterocycles. The third kappa shape index (κ3) is 7.36. The van der Waals surface area contributed by atoms with Crippen LogP contribution in [0.2, 0.25) is 0 Å². The van der Waals surface area contributed by atoms with Crippen LogP contribution in [0.15, 0.2) is 54.6 Å². The minimum atomic E-state index is -1.82. The first-order chi connectivity index (χ1) is 16.3. The molecule has 0 spiro atoms. The highest BCUT2D eigenvalue weighted by Crippen LogP contribution is 2.21. The average Bonchev–Trinajstić information content (AvgIpc) is 2.85. The summed E-state index contributed by atoms with van der Waals surface area (Å²) in [5.41, 5.74) is 1.83. The summed E-state index contributed by atoms with van der Waals surface area (Å²) < 4.78 is 13.4. The molecule has 182 valence electrons. The summed E-state index contributed by atoms with van der Waals surface area (Å²) in [5, 5.41) is 14.8. The van der Waals surface area contributed by atoms with E-state index in [4.69, 9.17) is 19.8 Å². The van der Waals surface area contributed by atoms with Gasteiger partial charge < -0.3 is 15.1 Å². The predicted molar refractivity (Wildman–Crippen MR) is 124 cm³/mol. The van der Waals surface area contributed by atoms with Gasteiger partial charge in [0.25, 0.3) is 5.91 Å². The molecule has 9 heteroatoms. The van der Waals surface area contributed by atoms with Crippen LogP contribution in [0.25, 0.3) is 0 Å². The van der Waals surface area contributed by atoms with Gasteiger partial charge in [0.2, 0.25) is 0 Å². The quantitative estimate of drug-likeness (QED) is 0.661. The lowest BCUT2D eigenvalue weighted by Crippen LogP contribution is -2.53. The number of carboxylic acid groups (broad SMARTS) is 2. The molecule has 2 heterocycles. The van der Waals surface area contributed by atoms with Gasteiger partial charge in [0.05, 0.1) is 0 Å². The summed E-state index contributed by atoms with van der Waals surface area (Å²) in [6.07, 6.45) is 2.00. The van der Waals surface area contributed by atoms with Crippen LogP contribution < -0.4 is 0 Å². The van der Waals surface area contributed by atoms with Crippen molar-refractivity contribution in [3.63, 3.8) is 0 Å². The minimum Gasteiger partial charge on any atom is -0.473 e. The highest BCUT2D eigenvalue weighted by atomic mass is 19.1. The number of likely N-dealkylation sites (tertiary alicyclic amines) is 1. The second-order valence-corrected chi connectivity index (χ2v) is 8.44. The van der Waals surface area contributed by atoms with Gasteiger partial charge in [-0.3, -0.25) is 14.6 Å². The molecule has 2 fully saturated rings. The van der Waals surface area contributed by atoms with Crippen LogP contribution in [0.3, 0.4) is 0 Å². The molecule has 2 N–H and O–H groups in total. The van der Waals surface area contributed by atoms with Gasteiger partial charge in [-0.1, -0.05) is 36.4 Å². The molecular formula is C25H30FN3O5. The summed E-state index contributed by atoms with van der Waals surface area (Å²) in [4.78, 5) is 37.8. The highest BCUT2D eigenvalue weighted by Gasteiger charge is 2.29. The zero-order valence-electron chi connectivity index (χ0n) is 19.0. The standard InChI is InChI=1S/C23H28FN3O.C2H2O4/c24-21-8-4-7-20(17-21)23(28)27-11-9-22(10-12-27)26-15-13-25(14-16-26)18-19-5-2-1-3-6-19;3-1(4)2(5)6/h1-8,17,22H,9-16,18H2;(H,3,4)(H,5,6). The van der Waals surface area contributed by atoms with Crippen LogP contribution in [0.5, 0.6) is 0 Å². The zero-order chi connectivity index (χ0) is 24.5. The topological polar surface area (TPSA) is 101 Å². The molecule has 0 atom stereocenters. The fourth-order valence-electron chi connectivity index (χ4n) is 4.37. The van der Waals surface area contributed by atoms with Crippen molar-refractivity contribution >= 4 is 17.8 Å². The average molecular weight is 472 g/mol. The van der Waals surface area contributed by atoms with Crippen molar-refractivity contribution in [2.24, 2.45) is 0 Å². The number of nitrogens with zero attached hydrogens (tertiary/aromatic N) is 3. The Morgan fingerprint density at radius 3 is 2.00 bits per heavy atom. The summed E-state index contributed by atoms with van der Waals surface area (Å²) >= 11 is 0. The van der Waals surface area contributed by atoms with Gasteiger partial charge >= 0.3 is 11.9 Å². The van der Waals surface area contributed by atoms with Crippen LogP contribution in [0.1, 0.15) is 28.8 Å². The number of carbonyl (C=O) groups excluding carboxylic acids is 1. The lowest BCUT2D eigenvalue weighted by molar-refractivity contribution is -0.159.